The topological polar surface area (TPSA) is 85.7 Å². The van der Waals surface area contributed by atoms with E-state index in [4.69, 9.17) is 21.1 Å². The van der Waals surface area contributed by atoms with Crippen molar-refractivity contribution in [3.63, 3.8) is 0 Å². The van der Waals surface area contributed by atoms with Gasteiger partial charge in [-0.25, -0.2) is 4.98 Å². The third-order valence-electron chi connectivity index (χ3n) is 5.16. The van der Waals surface area contributed by atoms with Gasteiger partial charge in [0.05, 0.1) is 23.0 Å². The highest BCUT2D eigenvalue weighted by atomic mass is 35.5. The molecule has 9 heteroatoms. The van der Waals surface area contributed by atoms with E-state index in [2.05, 4.69) is 10.3 Å². The van der Waals surface area contributed by atoms with Gasteiger partial charge < -0.3 is 24.3 Å². The molecule has 2 aliphatic heterocycles. The average Bonchev–Trinajstić information content (AvgIpc) is 3.48. The summed E-state index contributed by atoms with van der Waals surface area (Å²) in [5, 5.41) is 3.34. The summed E-state index contributed by atoms with van der Waals surface area (Å²) in [6, 6.07) is 10.6. The normalized spacial score (nSPS) is 17.4. The van der Waals surface area contributed by atoms with Crippen molar-refractivity contribution in [2.75, 3.05) is 23.6 Å². The van der Waals surface area contributed by atoms with Crippen LogP contribution in [0.3, 0.4) is 0 Å². The number of carbonyl (C=O) groups is 2. The number of imidazole rings is 1. The number of rotatable bonds is 4. The van der Waals surface area contributed by atoms with Crippen molar-refractivity contribution < 1.29 is 19.1 Å². The zero-order valence-corrected chi connectivity index (χ0v) is 16.5. The molecule has 1 aromatic heterocycles. The van der Waals surface area contributed by atoms with Crippen molar-refractivity contribution in [1.82, 2.24) is 9.55 Å². The van der Waals surface area contributed by atoms with E-state index in [1.807, 2.05) is 0 Å². The van der Waals surface area contributed by atoms with E-state index in [1.54, 1.807) is 64.6 Å². The lowest BCUT2D eigenvalue weighted by Gasteiger charge is -2.17. The molecule has 1 saturated heterocycles. The molecule has 0 aliphatic carbocycles. The van der Waals surface area contributed by atoms with E-state index < -0.39 is 5.92 Å². The first-order chi connectivity index (χ1) is 14.6. The quantitative estimate of drug-likeness (QED) is 0.694. The minimum Gasteiger partial charge on any atom is -0.454 e. The number of halogens is 1. The highest BCUT2D eigenvalue weighted by Crippen LogP contribution is 2.37. The van der Waals surface area contributed by atoms with Crippen LogP contribution >= 0.6 is 11.6 Å². The van der Waals surface area contributed by atoms with Crippen LogP contribution in [0, 0.1) is 5.92 Å². The number of hydrogen-bond acceptors (Lipinski definition) is 5. The molecule has 152 valence electrons. The molecule has 3 aromatic rings. The summed E-state index contributed by atoms with van der Waals surface area (Å²) in [4.78, 5) is 30.9. The number of nitrogens with one attached hydrogen (secondary N) is 1. The van der Waals surface area contributed by atoms with E-state index in [0.717, 1.165) is 5.69 Å². The van der Waals surface area contributed by atoms with Crippen molar-refractivity contribution in [3.05, 3.63) is 60.1 Å². The Kier molecular flexibility index (Phi) is 4.55. The summed E-state index contributed by atoms with van der Waals surface area (Å²) in [5.41, 5.74) is 2.02. The van der Waals surface area contributed by atoms with Crippen molar-refractivity contribution in [2.24, 2.45) is 5.92 Å². The molecule has 1 atom stereocenters. The van der Waals surface area contributed by atoms with Gasteiger partial charge in [-0.05, 0) is 30.3 Å². The molecular formula is C21H17ClN4O4. The van der Waals surface area contributed by atoms with Gasteiger partial charge in [0.1, 0.15) is 0 Å². The number of benzene rings is 2. The molecule has 5 rings (SSSR count). The Morgan fingerprint density at radius 3 is 2.83 bits per heavy atom. The molecule has 30 heavy (non-hydrogen) atoms. The Balaban J connectivity index is 1.28. The molecular weight excluding hydrogens is 408 g/mol. The van der Waals surface area contributed by atoms with Gasteiger partial charge in [0.2, 0.25) is 18.6 Å². The van der Waals surface area contributed by atoms with Gasteiger partial charge in [0.25, 0.3) is 0 Å². The van der Waals surface area contributed by atoms with Crippen molar-refractivity contribution in [2.45, 2.75) is 6.42 Å². The van der Waals surface area contributed by atoms with E-state index in [9.17, 15) is 9.59 Å². The molecule has 2 amide bonds. The van der Waals surface area contributed by atoms with Crippen LogP contribution in [0.4, 0.5) is 11.4 Å². The minimum absolute atomic E-state index is 0.109. The Labute approximate surface area is 177 Å². The van der Waals surface area contributed by atoms with Crippen LogP contribution in [-0.4, -0.2) is 34.7 Å². The van der Waals surface area contributed by atoms with E-state index in [0.29, 0.717) is 34.4 Å². The third-order valence-corrected chi connectivity index (χ3v) is 5.46. The average molecular weight is 425 g/mol. The fourth-order valence-corrected chi connectivity index (χ4v) is 3.90. The largest absolute Gasteiger partial charge is 0.454 e. The maximum absolute atomic E-state index is 12.8. The molecule has 2 aliphatic rings. The van der Waals surface area contributed by atoms with Crippen molar-refractivity contribution >= 4 is 34.8 Å². The van der Waals surface area contributed by atoms with Crippen LogP contribution < -0.4 is 19.7 Å². The second kappa shape index (κ2) is 7.38. The molecule has 3 heterocycles. The second-order valence-electron chi connectivity index (χ2n) is 7.07. The highest BCUT2D eigenvalue weighted by Gasteiger charge is 2.35. The molecule has 2 aromatic carbocycles. The summed E-state index contributed by atoms with van der Waals surface area (Å²) in [7, 11) is 0. The number of hydrogen-bond donors (Lipinski definition) is 1. The predicted octanol–water partition coefficient (Wildman–Crippen LogP) is 3.25. The first kappa shape index (κ1) is 18.5. The summed E-state index contributed by atoms with van der Waals surface area (Å²) >= 11 is 6.35. The number of ether oxygens (including phenoxy) is 2. The molecule has 0 saturated carbocycles. The van der Waals surface area contributed by atoms with Crippen LogP contribution in [0.1, 0.15) is 6.42 Å². The summed E-state index contributed by atoms with van der Waals surface area (Å²) < 4.78 is 12.5. The van der Waals surface area contributed by atoms with Crippen LogP contribution in [0.2, 0.25) is 5.02 Å². The first-order valence-corrected chi connectivity index (χ1v) is 9.75. The lowest BCUT2D eigenvalue weighted by Crippen LogP contribution is -2.28. The second-order valence-corrected chi connectivity index (χ2v) is 7.48. The summed E-state index contributed by atoms with van der Waals surface area (Å²) in [6.07, 6.45) is 5.23. The van der Waals surface area contributed by atoms with E-state index >= 15 is 0 Å². The van der Waals surface area contributed by atoms with Crippen LogP contribution in [0.15, 0.2) is 55.1 Å². The maximum Gasteiger partial charge on any atom is 0.231 e. The number of fused-ring (bicyclic) bond motifs is 1. The molecule has 0 spiro atoms. The molecule has 0 bridgehead atoms. The fourth-order valence-electron chi connectivity index (χ4n) is 3.63. The Morgan fingerprint density at radius 1 is 1.17 bits per heavy atom. The fraction of sp³-hybridized carbons (Fsp3) is 0.190. The smallest absolute Gasteiger partial charge is 0.231 e. The van der Waals surface area contributed by atoms with Gasteiger partial charge in [-0.2, -0.15) is 0 Å². The Hall–Kier alpha value is -3.52. The Morgan fingerprint density at radius 2 is 2.03 bits per heavy atom. The third kappa shape index (κ3) is 3.35. The highest BCUT2D eigenvalue weighted by molar-refractivity contribution is 6.32. The maximum atomic E-state index is 12.8. The first-order valence-electron chi connectivity index (χ1n) is 9.37. The number of amides is 2. The van der Waals surface area contributed by atoms with Gasteiger partial charge in [0.15, 0.2) is 11.5 Å². The zero-order chi connectivity index (χ0) is 20.7. The Bertz CT molecular complexity index is 1130. The van der Waals surface area contributed by atoms with E-state index in [1.165, 1.54) is 0 Å². The SMILES string of the molecule is O=C(Nc1ccc(-n2ccnc2)c(Cl)c1)C1CC(=O)N(c2ccc3c(c2)OCO3)C1. The van der Waals surface area contributed by atoms with Crippen LogP contribution in [-0.2, 0) is 9.59 Å². The van der Waals surface area contributed by atoms with Crippen LogP contribution in [0.5, 0.6) is 11.5 Å². The summed E-state index contributed by atoms with van der Waals surface area (Å²) in [6.45, 7) is 0.463. The monoisotopic (exact) mass is 424 g/mol. The molecule has 0 radical (unpaired) electrons. The standard InChI is InChI=1S/C21H17ClN4O4/c22-16-8-14(1-3-17(16)25-6-5-23-11-25)24-21(28)13-7-20(27)26(10-13)15-2-4-18-19(9-15)30-12-29-18/h1-6,8-9,11,13H,7,10,12H2,(H,24,28). The number of aromatic nitrogens is 2. The minimum atomic E-state index is -0.463. The van der Waals surface area contributed by atoms with Gasteiger partial charge >= 0.3 is 0 Å². The molecule has 8 nitrogen and oxygen atoms in total. The zero-order valence-electron chi connectivity index (χ0n) is 15.7. The lowest BCUT2D eigenvalue weighted by atomic mass is 10.1. The summed E-state index contributed by atoms with van der Waals surface area (Å²) in [5.74, 6) is 0.451. The number of nitrogens with zero attached hydrogens (tertiary/aromatic N) is 3. The van der Waals surface area contributed by atoms with Gasteiger partial charge in [-0.3, -0.25) is 9.59 Å². The molecule has 1 unspecified atom stereocenters. The van der Waals surface area contributed by atoms with Crippen molar-refractivity contribution in [1.29, 1.82) is 0 Å². The van der Waals surface area contributed by atoms with E-state index in [-0.39, 0.29) is 25.0 Å². The van der Waals surface area contributed by atoms with Gasteiger partial charge in [-0.15, -0.1) is 0 Å². The number of anilines is 2. The predicted molar refractivity (Wildman–Crippen MR) is 110 cm³/mol. The van der Waals surface area contributed by atoms with Gasteiger partial charge in [0, 0.05) is 42.8 Å². The van der Waals surface area contributed by atoms with Gasteiger partial charge in [-0.1, -0.05) is 11.6 Å². The van der Waals surface area contributed by atoms with Crippen LogP contribution in [0.25, 0.3) is 5.69 Å². The van der Waals surface area contributed by atoms with Crippen molar-refractivity contribution in [3.8, 4) is 17.2 Å². The number of carbonyl (C=O) groups excluding carboxylic acids is 2. The molecule has 1 fully saturated rings. The molecule has 1 N–H and O–H groups in total. The lowest BCUT2D eigenvalue weighted by molar-refractivity contribution is -0.122.